The lowest BCUT2D eigenvalue weighted by atomic mass is 10.2. The zero-order valence-corrected chi connectivity index (χ0v) is 8.94. The molecule has 0 bridgehead atoms. The highest BCUT2D eigenvalue weighted by atomic mass is 16.6. The van der Waals surface area contributed by atoms with E-state index < -0.39 is 0 Å². The van der Waals surface area contributed by atoms with Crippen LogP contribution >= 0.6 is 0 Å². The van der Waals surface area contributed by atoms with Gasteiger partial charge in [0.1, 0.15) is 0 Å². The molecule has 0 N–H and O–H groups in total. The number of rotatable bonds is 3. The van der Waals surface area contributed by atoms with Crippen LogP contribution in [0.3, 0.4) is 0 Å². The molecule has 15 heavy (non-hydrogen) atoms. The summed E-state index contributed by atoms with van der Waals surface area (Å²) >= 11 is 0. The number of carbonyl (C=O) groups is 2. The number of piperazine rings is 1. The lowest BCUT2D eigenvalue weighted by molar-refractivity contribution is -0.145. The van der Waals surface area contributed by atoms with Crippen LogP contribution in [0.25, 0.3) is 0 Å². The molecule has 2 heterocycles. The van der Waals surface area contributed by atoms with Crippen molar-refractivity contribution in [1.29, 1.82) is 0 Å². The van der Waals surface area contributed by atoms with Crippen LogP contribution in [0.15, 0.2) is 0 Å². The van der Waals surface area contributed by atoms with Crippen molar-refractivity contribution in [1.82, 2.24) is 9.80 Å². The fraction of sp³-hybridized carbons (Fsp3) is 0.800. The Morgan fingerprint density at radius 2 is 2.27 bits per heavy atom. The first-order valence-corrected chi connectivity index (χ1v) is 5.38. The average Bonchev–Trinajstić information content (AvgIpc) is 3.04. The van der Waals surface area contributed by atoms with Gasteiger partial charge in [-0.05, 0) is 0 Å². The second-order valence-corrected chi connectivity index (χ2v) is 3.96. The van der Waals surface area contributed by atoms with Gasteiger partial charge in [-0.3, -0.25) is 9.59 Å². The quantitative estimate of drug-likeness (QED) is 0.591. The van der Waals surface area contributed by atoms with E-state index in [0.29, 0.717) is 26.1 Å². The van der Waals surface area contributed by atoms with Crippen molar-refractivity contribution in [3.63, 3.8) is 0 Å². The van der Waals surface area contributed by atoms with Gasteiger partial charge in [-0.15, -0.1) is 0 Å². The maximum Gasteiger partial charge on any atom is 0.242 e. The minimum absolute atomic E-state index is 0.0403. The molecule has 5 heteroatoms. The largest absolute Gasteiger partial charge is 0.371 e. The van der Waals surface area contributed by atoms with Crippen LogP contribution in [0.5, 0.6) is 0 Å². The van der Waals surface area contributed by atoms with E-state index in [1.54, 1.807) is 9.80 Å². The van der Waals surface area contributed by atoms with Crippen molar-refractivity contribution in [2.24, 2.45) is 0 Å². The van der Waals surface area contributed by atoms with E-state index in [9.17, 15) is 9.59 Å². The van der Waals surface area contributed by atoms with Gasteiger partial charge in [-0.25, -0.2) is 0 Å². The third kappa shape index (κ3) is 2.47. The zero-order chi connectivity index (χ0) is 10.8. The van der Waals surface area contributed by atoms with Gasteiger partial charge in [0.15, 0.2) is 0 Å². The SMILES string of the molecule is CCC(=O)N1CCN(C[C@H]2CO2)C(=O)C1. The van der Waals surface area contributed by atoms with Crippen molar-refractivity contribution in [3.05, 3.63) is 0 Å². The molecule has 2 fully saturated rings. The lowest BCUT2D eigenvalue weighted by Gasteiger charge is -2.33. The number of nitrogens with zero attached hydrogens (tertiary/aromatic N) is 2. The third-order valence-corrected chi connectivity index (χ3v) is 2.80. The molecule has 0 aromatic heterocycles. The Hall–Kier alpha value is -1.10. The standard InChI is InChI=1S/C10H16N2O3/c1-2-9(13)12-4-3-11(10(14)6-12)5-8-7-15-8/h8H,2-7H2,1H3/t8-/m0/s1. The Morgan fingerprint density at radius 1 is 1.53 bits per heavy atom. The van der Waals surface area contributed by atoms with Gasteiger partial charge < -0.3 is 14.5 Å². The summed E-state index contributed by atoms with van der Waals surface area (Å²) in [5.74, 6) is 0.101. The second-order valence-electron chi connectivity index (χ2n) is 3.96. The Balaban J connectivity index is 1.84. The summed E-state index contributed by atoms with van der Waals surface area (Å²) in [5, 5.41) is 0. The van der Waals surface area contributed by atoms with E-state index in [1.807, 2.05) is 6.92 Å². The van der Waals surface area contributed by atoms with Gasteiger partial charge in [-0.1, -0.05) is 6.92 Å². The number of ether oxygens (including phenoxy) is 1. The molecule has 2 aliphatic rings. The number of hydrogen-bond donors (Lipinski definition) is 0. The molecule has 2 amide bonds. The Labute approximate surface area is 89.0 Å². The predicted octanol–water partition coefficient (Wildman–Crippen LogP) is -0.534. The number of hydrogen-bond acceptors (Lipinski definition) is 3. The van der Waals surface area contributed by atoms with Crippen LogP contribution in [-0.4, -0.2) is 60.5 Å². The van der Waals surface area contributed by atoms with E-state index in [1.165, 1.54) is 0 Å². The first-order valence-electron chi connectivity index (χ1n) is 5.38. The van der Waals surface area contributed by atoms with E-state index >= 15 is 0 Å². The van der Waals surface area contributed by atoms with Gasteiger partial charge in [0.2, 0.25) is 11.8 Å². The van der Waals surface area contributed by atoms with E-state index in [4.69, 9.17) is 4.74 Å². The summed E-state index contributed by atoms with van der Waals surface area (Å²) < 4.78 is 5.08. The Kier molecular flexibility index (Phi) is 2.90. The summed E-state index contributed by atoms with van der Waals surface area (Å²) in [4.78, 5) is 26.5. The molecule has 0 saturated carbocycles. The summed E-state index contributed by atoms with van der Waals surface area (Å²) in [6.45, 7) is 4.81. The normalized spacial score (nSPS) is 25.7. The van der Waals surface area contributed by atoms with E-state index in [-0.39, 0.29) is 24.5 Å². The fourth-order valence-electron chi connectivity index (χ4n) is 1.76. The minimum atomic E-state index is 0.0403. The summed E-state index contributed by atoms with van der Waals surface area (Å²) in [6.07, 6.45) is 0.710. The molecule has 0 radical (unpaired) electrons. The van der Waals surface area contributed by atoms with Crippen molar-refractivity contribution >= 4 is 11.8 Å². The zero-order valence-electron chi connectivity index (χ0n) is 8.94. The highest BCUT2D eigenvalue weighted by molar-refractivity contribution is 5.85. The van der Waals surface area contributed by atoms with Gasteiger partial charge in [0.05, 0.1) is 19.3 Å². The molecule has 0 aromatic rings. The van der Waals surface area contributed by atoms with Crippen LogP contribution < -0.4 is 0 Å². The third-order valence-electron chi connectivity index (χ3n) is 2.80. The topological polar surface area (TPSA) is 53.2 Å². The van der Waals surface area contributed by atoms with Crippen LogP contribution in [-0.2, 0) is 14.3 Å². The number of amides is 2. The molecule has 2 aliphatic heterocycles. The number of epoxide rings is 1. The summed E-state index contributed by atoms with van der Waals surface area (Å²) in [7, 11) is 0. The van der Waals surface area contributed by atoms with Crippen LogP contribution in [0, 0.1) is 0 Å². The van der Waals surface area contributed by atoms with Crippen molar-refractivity contribution < 1.29 is 14.3 Å². The maximum absolute atomic E-state index is 11.7. The minimum Gasteiger partial charge on any atom is -0.371 e. The van der Waals surface area contributed by atoms with E-state index in [0.717, 1.165) is 6.61 Å². The van der Waals surface area contributed by atoms with Crippen LogP contribution in [0.1, 0.15) is 13.3 Å². The van der Waals surface area contributed by atoms with Gasteiger partial charge in [0.25, 0.3) is 0 Å². The Bertz CT molecular complexity index is 276. The van der Waals surface area contributed by atoms with Crippen LogP contribution in [0.4, 0.5) is 0 Å². The molecule has 1 atom stereocenters. The lowest BCUT2D eigenvalue weighted by Crippen LogP contribution is -2.52. The molecule has 0 aromatic carbocycles. The molecule has 0 spiro atoms. The van der Waals surface area contributed by atoms with Gasteiger partial charge in [0, 0.05) is 26.1 Å². The van der Waals surface area contributed by atoms with Crippen molar-refractivity contribution in [2.45, 2.75) is 19.4 Å². The molecule has 0 aliphatic carbocycles. The first kappa shape index (κ1) is 10.4. The molecular weight excluding hydrogens is 196 g/mol. The van der Waals surface area contributed by atoms with Gasteiger partial charge in [-0.2, -0.15) is 0 Å². The summed E-state index contributed by atoms with van der Waals surface area (Å²) in [6, 6.07) is 0. The monoisotopic (exact) mass is 212 g/mol. The molecule has 5 nitrogen and oxygen atoms in total. The average molecular weight is 212 g/mol. The highest BCUT2D eigenvalue weighted by Gasteiger charge is 2.31. The van der Waals surface area contributed by atoms with Gasteiger partial charge >= 0.3 is 0 Å². The molecule has 0 unspecified atom stereocenters. The van der Waals surface area contributed by atoms with Crippen molar-refractivity contribution in [2.75, 3.05) is 32.8 Å². The summed E-state index contributed by atoms with van der Waals surface area (Å²) in [5.41, 5.74) is 0. The second kappa shape index (κ2) is 4.18. The van der Waals surface area contributed by atoms with Crippen LogP contribution in [0.2, 0.25) is 0 Å². The smallest absolute Gasteiger partial charge is 0.242 e. The number of carbonyl (C=O) groups excluding carboxylic acids is 2. The van der Waals surface area contributed by atoms with Crippen molar-refractivity contribution in [3.8, 4) is 0 Å². The predicted molar refractivity (Wildman–Crippen MR) is 53.2 cm³/mol. The fourth-order valence-corrected chi connectivity index (χ4v) is 1.76. The molecule has 2 saturated heterocycles. The maximum atomic E-state index is 11.7. The Morgan fingerprint density at radius 3 is 2.80 bits per heavy atom. The molecule has 2 rings (SSSR count). The van der Waals surface area contributed by atoms with E-state index in [2.05, 4.69) is 0 Å². The first-order chi connectivity index (χ1) is 7.20. The molecular formula is C10H16N2O3. The highest BCUT2D eigenvalue weighted by Crippen LogP contribution is 2.13. The molecule has 84 valence electrons.